The van der Waals surface area contributed by atoms with Crippen molar-refractivity contribution in [2.45, 2.75) is 20.8 Å². The standard InChI is InChI=1S/C7H12O3/c1-6(2)4-5-9-7(3)10-8/h4-6H,1-3H3. The van der Waals surface area contributed by atoms with E-state index in [4.69, 9.17) is 4.74 Å². The SMILES string of the molecule is CC(OC=CC(C)C)=[O+][O-]. The molecule has 0 saturated carbocycles. The number of hydrogen-bond acceptors (Lipinski definition) is 2. The molecule has 3 nitrogen and oxygen atoms in total. The van der Waals surface area contributed by atoms with E-state index in [-0.39, 0.29) is 5.97 Å². The molecule has 0 aromatic rings. The zero-order valence-electron chi connectivity index (χ0n) is 6.46. The maximum Gasteiger partial charge on any atom is 0.499 e. The van der Waals surface area contributed by atoms with Gasteiger partial charge in [-0.15, -0.1) is 0 Å². The molecule has 0 aromatic carbocycles. The van der Waals surface area contributed by atoms with Crippen LogP contribution in [0.15, 0.2) is 12.3 Å². The second-order valence-corrected chi connectivity index (χ2v) is 2.27. The van der Waals surface area contributed by atoms with E-state index in [1.807, 2.05) is 19.9 Å². The number of carbonyl (C=O) groups excluding carboxylic acids is 1. The van der Waals surface area contributed by atoms with E-state index in [1.165, 1.54) is 13.2 Å². The summed E-state index contributed by atoms with van der Waals surface area (Å²) in [4.78, 5) is 0. The predicted molar refractivity (Wildman–Crippen MR) is 35.7 cm³/mol. The molecular weight excluding hydrogens is 132 g/mol. The summed E-state index contributed by atoms with van der Waals surface area (Å²) >= 11 is 0. The van der Waals surface area contributed by atoms with E-state index in [1.54, 1.807) is 0 Å². The van der Waals surface area contributed by atoms with Crippen molar-refractivity contribution < 1.29 is 14.6 Å². The van der Waals surface area contributed by atoms with Crippen molar-refractivity contribution in [1.29, 1.82) is 0 Å². The molecule has 0 aliphatic carbocycles. The number of esters is 1. The lowest BCUT2D eigenvalue weighted by molar-refractivity contribution is -1.05. The lowest BCUT2D eigenvalue weighted by atomic mass is 10.2. The summed E-state index contributed by atoms with van der Waals surface area (Å²) in [7, 11) is 0. The lowest BCUT2D eigenvalue weighted by Gasteiger charge is -1.88. The van der Waals surface area contributed by atoms with Gasteiger partial charge in [0.25, 0.3) is 0 Å². The Bertz CT molecular complexity index is 136. The van der Waals surface area contributed by atoms with Crippen LogP contribution in [0.25, 0.3) is 0 Å². The molecule has 0 heterocycles. The van der Waals surface area contributed by atoms with Crippen molar-refractivity contribution in [3.8, 4) is 0 Å². The first-order valence-electron chi connectivity index (χ1n) is 3.13. The number of hydrogen-bond donors (Lipinski definition) is 0. The average molecular weight is 144 g/mol. The van der Waals surface area contributed by atoms with Crippen LogP contribution in [0.4, 0.5) is 0 Å². The monoisotopic (exact) mass is 144 g/mol. The molecule has 0 N–H and O–H groups in total. The molecule has 0 amide bonds. The Kier molecular flexibility index (Phi) is 4.37. The van der Waals surface area contributed by atoms with Crippen molar-refractivity contribution in [1.82, 2.24) is 0 Å². The first kappa shape index (κ1) is 9.01. The molecule has 0 aliphatic heterocycles. The molecule has 0 unspecified atom stereocenters. The van der Waals surface area contributed by atoms with Crippen molar-refractivity contribution in [2.75, 3.05) is 0 Å². The Balaban J connectivity index is 3.54. The van der Waals surface area contributed by atoms with Crippen LogP contribution in [0.2, 0.25) is 0 Å². The third-order valence-electron chi connectivity index (χ3n) is 0.815. The highest BCUT2D eigenvalue weighted by Crippen LogP contribution is 1.93. The molecular formula is C7H12O3. The molecule has 0 bridgehead atoms. The van der Waals surface area contributed by atoms with Gasteiger partial charge >= 0.3 is 5.97 Å². The molecule has 0 aromatic heterocycles. The van der Waals surface area contributed by atoms with Gasteiger partial charge in [-0.3, -0.25) is 9.31 Å². The van der Waals surface area contributed by atoms with Gasteiger partial charge in [-0.05, 0) is 12.0 Å². The van der Waals surface area contributed by atoms with Crippen LogP contribution in [0.1, 0.15) is 20.8 Å². The fourth-order valence-electron chi connectivity index (χ4n) is 0.312. The second-order valence-electron chi connectivity index (χ2n) is 2.27. The molecule has 0 fully saturated rings. The van der Waals surface area contributed by atoms with Gasteiger partial charge < -0.3 is 5.26 Å². The molecule has 0 atom stereocenters. The van der Waals surface area contributed by atoms with E-state index in [9.17, 15) is 5.26 Å². The van der Waals surface area contributed by atoms with Gasteiger partial charge in [0, 0.05) is 0 Å². The quantitative estimate of drug-likeness (QED) is 0.186. The topological polar surface area (TPSA) is 43.6 Å². The zero-order chi connectivity index (χ0) is 7.98. The van der Waals surface area contributed by atoms with Gasteiger partial charge in [0.1, 0.15) is 0 Å². The van der Waals surface area contributed by atoms with Crippen molar-refractivity contribution >= 4 is 5.97 Å². The number of allylic oxidation sites excluding steroid dienone is 1. The van der Waals surface area contributed by atoms with Crippen LogP contribution in [0.3, 0.4) is 0 Å². The number of rotatable bonds is 2. The Morgan fingerprint density at radius 1 is 1.60 bits per heavy atom. The van der Waals surface area contributed by atoms with Gasteiger partial charge in [-0.2, -0.15) is 0 Å². The van der Waals surface area contributed by atoms with Crippen molar-refractivity contribution in [3.63, 3.8) is 0 Å². The van der Waals surface area contributed by atoms with Crippen LogP contribution >= 0.6 is 0 Å². The van der Waals surface area contributed by atoms with E-state index < -0.39 is 0 Å². The molecule has 0 rings (SSSR count). The third kappa shape index (κ3) is 5.15. The van der Waals surface area contributed by atoms with E-state index >= 15 is 0 Å². The highest BCUT2D eigenvalue weighted by atomic mass is 17.1. The predicted octanol–water partition coefficient (Wildman–Crippen LogP) is 0.530. The maximum atomic E-state index is 9.61. The van der Waals surface area contributed by atoms with Gasteiger partial charge in [0.15, 0.2) is 0 Å². The summed E-state index contributed by atoms with van der Waals surface area (Å²) in [5.74, 6) is 0.427. The average Bonchev–Trinajstić information content (AvgIpc) is 1.87. The highest BCUT2D eigenvalue weighted by molar-refractivity contribution is 5.66. The largest absolute Gasteiger partial charge is 0.588 e. The molecule has 0 spiro atoms. The minimum Gasteiger partial charge on any atom is -0.588 e. The Labute approximate surface area is 60.6 Å². The van der Waals surface area contributed by atoms with Crippen LogP contribution in [0.5, 0.6) is 0 Å². The summed E-state index contributed by atoms with van der Waals surface area (Å²) in [6, 6.07) is 0. The first-order chi connectivity index (χ1) is 4.66. The first-order valence-corrected chi connectivity index (χ1v) is 3.13. The Morgan fingerprint density at radius 3 is 2.60 bits per heavy atom. The summed E-state index contributed by atoms with van der Waals surface area (Å²) in [5.41, 5.74) is 0. The van der Waals surface area contributed by atoms with Crippen LogP contribution in [-0.4, -0.2) is 5.97 Å². The van der Waals surface area contributed by atoms with E-state index in [0.29, 0.717) is 5.92 Å². The van der Waals surface area contributed by atoms with Crippen molar-refractivity contribution in [2.24, 2.45) is 5.92 Å². The third-order valence-corrected chi connectivity index (χ3v) is 0.815. The lowest BCUT2D eigenvalue weighted by Crippen LogP contribution is -2.06. The second kappa shape index (κ2) is 4.85. The molecule has 3 heteroatoms. The summed E-state index contributed by atoms with van der Waals surface area (Å²) < 4.78 is 8.23. The fraction of sp³-hybridized carbons (Fsp3) is 0.571. The fourth-order valence-corrected chi connectivity index (χ4v) is 0.312. The van der Waals surface area contributed by atoms with E-state index in [0.717, 1.165) is 0 Å². The van der Waals surface area contributed by atoms with Crippen LogP contribution in [0, 0.1) is 5.92 Å². The van der Waals surface area contributed by atoms with Gasteiger partial charge in [0.05, 0.1) is 6.92 Å². The molecule has 0 radical (unpaired) electrons. The van der Waals surface area contributed by atoms with Gasteiger partial charge in [-0.25, -0.2) is 0 Å². The maximum absolute atomic E-state index is 9.61. The van der Waals surface area contributed by atoms with Crippen molar-refractivity contribution in [3.05, 3.63) is 12.3 Å². The molecule has 0 aliphatic rings. The van der Waals surface area contributed by atoms with Gasteiger partial charge in [0.2, 0.25) is 6.26 Å². The number of ether oxygens (including phenoxy) is 1. The Morgan fingerprint density at radius 2 is 2.20 bits per heavy atom. The molecule has 0 saturated heterocycles. The van der Waals surface area contributed by atoms with Crippen LogP contribution in [-0.2, 0) is 9.31 Å². The molecule has 58 valence electrons. The van der Waals surface area contributed by atoms with Crippen LogP contribution < -0.4 is 5.26 Å². The summed E-state index contributed by atoms with van der Waals surface area (Å²) in [6.45, 7) is 5.47. The highest BCUT2D eigenvalue weighted by Gasteiger charge is 1.98. The zero-order valence-corrected chi connectivity index (χ0v) is 6.46. The van der Waals surface area contributed by atoms with E-state index in [2.05, 4.69) is 4.58 Å². The summed E-state index contributed by atoms with van der Waals surface area (Å²) in [5, 5.41) is 9.61. The van der Waals surface area contributed by atoms with Gasteiger partial charge in [-0.1, -0.05) is 13.8 Å². The smallest absolute Gasteiger partial charge is 0.499 e. The normalized spacial score (nSPS) is 13.0. The molecule has 10 heavy (non-hydrogen) atoms. The minimum absolute atomic E-state index is 0.0110. The summed E-state index contributed by atoms with van der Waals surface area (Å²) in [6.07, 6.45) is 3.26. The minimum atomic E-state index is 0.0110. The Hall–Kier alpha value is -0.990.